The highest BCUT2D eigenvalue weighted by atomic mass is 16.5. The fourth-order valence-electron chi connectivity index (χ4n) is 1.88. The molecule has 96 valence electrons. The summed E-state index contributed by atoms with van der Waals surface area (Å²) in [5, 5.41) is 1.05. The van der Waals surface area contributed by atoms with Gasteiger partial charge in [0.25, 0.3) is 5.56 Å². The van der Waals surface area contributed by atoms with Gasteiger partial charge in [-0.2, -0.15) is 0 Å². The fraction of sp³-hybridized carbons (Fsp3) is 0.267. The van der Waals surface area contributed by atoms with E-state index in [2.05, 4.69) is 18.1 Å². The smallest absolute Gasteiger partial charge is 0.251 e. The second kappa shape index (κ2) is 6.05. The summed E-state index contributed by atoms with van der Waals surface area (Å²) in [6.45, 7) is 9.97. The molecular weight excluding hydrogens is 226 g/mol. The van der Waals surface area contributed by atoms with Crippen molar-refractivity contribution in [1.29, 1.82) is 0 Å². The average Bonchev–Trinajstić information content (AvgIpc) is 2.40. The van der Waals surface area contributed by atoms with Gasteiger partial charge in [-0.15, -0.1) is 13.2 Å². The number of aryl methyl sites for hydroxylation is 2. The lowest BCUT2D eigenvalue weighted by molar-refractivity contribution is 0.412. The molecule has 0 radical (unpaired) electrons. The molecule has 1 N–H and O–H groups in total. The van der Waals surface area contributed by atoms with Crippen LogP contribution in [0.2, 0.25) is 0 Å². The zero-order valence-corrected chi connectivity index (χ0v) is 11.2. The molecule has 3 heteroatoms. The monoisotopic (exact) mass is 245 g/mol. The summed E-state index contributed by atoms with van der Waals surface area (Å²) in [5.74, 6) is 0.799. The molecule has 18 heavy (non-hydrogen) atoms. The molecule has 0 aliphatic heterocycles. The number of aromatic amines is 1. The van der Waals surface area contributed by atoms with Crippen LogP contribution in [0.15, 0.2) is 36.2 Å². The second-order valence-electron chi connectivity index (χ2n) is 3.89. The third kappa shape index (κ3) is 2.62. The number of benzene rings is 1. The normalized spacial score (nSPS) is 9.72. The lowest BCUT2D eigenvalue weighted by atomic mass is 10.1. The Hall–Kier alpha value is -2.03. The number of rotatable bonds is 2. The molecule has 1 aromatic carbocycles. The molecule has 1 aromatic heterocycles. The molecule has 0 amide bonds. The minimum Gasteiger partial charge on any atom is -0.496 e. The number of hydrogen-bond acceptors (Lipinski definition) is 2. The first-order valence-electron chi connectivity index (χ1n) is 5.86. The van der Waals surface area contributed by atoms with E-state index in [-0.39, 0.29) is 5.56 Å². The van der Waals surface area contributed by atoms with Gasteiger partial charge < -0.3 is 9.72 Å². The number of methoxy groups -OCH3 is 1. The van der Waals surface area contributed by atoms with Crippen molar-refractivity contribution in [2.75, 3.05) is 7.11 Å². The van der Waals surface area contributed by atoms with E-state index in [0.29, 0.717) is 0 Å². The predicted octanol–water partition coefficient (Wildman–Crippen LogP) is 3.21. The highest BCUT2D eigenvalue weighted by Gasteiger charge is 2.05. The van der Waals surface area contributed by atoms with Crippen molar-refractivity contribution in [3.8, 4) is 5.75 Å². The van der Waals surface area contributed by atoms with Crippen LogP contribution in [0.1, 0.15) is 18.1 Å². The van der Waals surface area contributed by atoms with Gasteiger partial charge in [-0.3, -0.25) is 4.79 Å². The largest absolute Gasteiger partial charge is 0.496 e. The molecule has 0 bridgehead atoms. The van der Waals surface area contributed by atoms with Crippen molar-refractivity contribution in [1.82, 2.24) is 4.98 Å². The summed E-state index contributed by atoms with van der Waals surface area (Å²) in [7, 11) is 1.63. The SMILES string of the molecule is C=C.CCc1cc2cc(C)c(OC)cc2[nH]c1=O. The van der Waals surface area contributed by atoms with Crippen LogP contribution in [0.3, 0.4) is 0 Å². The van der Waals surface area contributed by atoms with Crippen LogP contribution in [0.4, 0.5) is 0 Å². The lowest BCUT2D eigenvalue weighted by Crippen LogP contribution is -2.11. The number of H-pyrrole nitrogens is 1. The third-order valence-corrected chi connectivity index (χ3v) is 2.82. The Bertz CT molecular complexity index is 599. The number of ether oxygens (including phenoxy) is 1. The fourth-order valence-corrected chi connectivity index (χ4v) is 1.88. The van der Waals surface area contributed by atoms with Gasteiger partial charge in [0.15, 0.2) is 0 Å². The number of aromatic nitrogens is 1. The highest BCUT2D eigenvalue weighted by Crippen LogP contribution is 2.23. The summed E-state index contributed by atoms with van der Waals surface area (Å²) in [5.41, 5.74) is 2.70. The van der Waals surface area contributed by atoms with Crippen LogP contribution in [-0.4, -0.2) is 12.1 Å². The minimum absolute atomic E-state index is 0.0130. The van der Waals surface area contributed by atoms with Crippen molar-refractivity contribution in [2.24, 2.45) is 0 Å². The zero-order valence-electron chi connectivity index (χ0n) is 11.2. The van der Waals surface area contributed by atoms with Crippen molar-refractivity contribution < 1.29 is 4.74 Å². The van der Waals surface area contributed by atoms with Crippen LogP contribution in [0.25, 0.3) is 10.9 Å². The van der Waals surface area contributed by atoms with Crippen molar-refractivity contribution in [3.05, 3.63) is 52.8 Å². The third-order valence-electron chi connectivity index (χ3n) is 2.82. The van der Waals surface area contributed by atoms with Crippen LogP contribution in [-0.2, 0) is 6.42 Å². The van der Waals surface area contributed by atoms with Crippen LogP contribution >= 0.6 is 0 Å². The Balaban J connectivity index is 0.000000771. The molecule has 0 unspecified atom stereocenters. The van der Waals surface area contributed by atoms with Gasteiger partial charge in [-0.1, -0.05) is 6.92 Å². The molecular formula is C15H19NO2. The molecule has 1 heterocycles. The maximum atomic E-state index is 11.7. The average molecular weight is 245 g/mol. The van der Waals surface area contributed by atoms with Gasteiger partial charge in [0, 0.05) is 11.6 Å². The van der Waals surface area contributed by atoms with E-state index in [1.54, 1.807) is 7.11 Å². The van der Waals surface area contributed by atoms with Gasteiger partial charge >= 0.3 is 0 Å². The van der Waals surface area contributed by atoms with Gasteiger partial charge in [-0.05, 0) is 36.4 Å². The van der Waals surface area contributed by atoms with E-state index in [9.17, 15) is 4.79 Å². The second-order valence-corrected chi connectivity index (χ2v) is 3.89. The molecule has 2 rings (SSSR count). The lowest BCUT2D eigenvalue weighted by Gasteiger charge is -2.07. The maximum Gasteiger partial charge on any atom is 0.251 e. The zero-order chi connectivity index (χ0) is 13.7. The maximum absolute atomic E-state index is 11.7. The molecule has 3 nitrogen and oxygen atoms in total. The molecule has 0 aliphatic carbocycles. The van der Waals surface area contributed by atoms with E-state index in [0.717, 1.165) is 34.2 Å². The Morgan fingerprint density at radius 2 is 1.94 bits per heavy atom. The molecule has 0 atom stereocenters. The first kappa shape index (κ1) is 14.0. The Morgan fingerprint density at radius 1 is 1.28 bits per heavy atom. The van der Waals surface area contributed by atoms with Crippen molar-refractivity contribution >= 4 is 10.9 Å². The van der Waals surface area contributed by atoms with Gasteiger partial charge in [0.05, 0.1) is 12.6 Å². The van der Waals surface area contributed by atoms with Gasteiger partial charge in [0.1, 0.15) is 5.75 Å². The van der Waals surface area contributed by atoms with Crippen LogP contribution in [0, 0.1) is 6.92 Å². The Kier molecular flexibility index (Phi) is 4.72. The highest BCUT2D eigenvalue weighted by molar-refractivity contribution is 5.81. The van der Waals surface area contributed by atoms with Gasteiger partial charge in [-0.25, -0.2) is 0 Å². The quantitative estimate of drug-likeness (QED) is 0.825. The number of nitrogens with one attached hydrogen (secondary N) is 1. The Labute approximate surface area is 107 Å². The molecule has 0 spiro atoms. The first-order chi connectivity index (χ1) is 8.65. The standard InChI is InChI=1S/C13H15NO2.C2H4/c1-4-9-6-10-5-8(2)12(16-3)7-11(10)14-13(9)15;1-2/h5-7H,4H2,1-3H3,(H,14,15);1-2H2. The van der Waals surface area contributed by atoms with E-state index < -0.39 is 0 Å². The topological polar surface area (TPSA) is 42.1 Å². The van der Waals surface area contributed by atoms with E-state index >= 15 is 0 Å². The number of pyridine rings is 1. The van der Waals surface area contributed by atoms with E-state index in [4.69, 9.17) is 4.74 Å². The predicted molar refractivity (Wildman–Crippen MR) is 76.5 cm³/mol. The summed E-state index contributed by atoms with van der Waals surface area (Å²) in [6.07, 6.45) is 0.746. The molecule has 0 fully saturated rings. The summed E-state index contributed by atoms with van der Waals surface area (Å²) >= 11 is 0. The molecule has 0 saturated carbocycles. The van der Waals surface area contributed by atoms with Crippen molar-refractivity contribution in [3.63, 3.8) is 0 Å². The van der Waals surface area contributed by atoms with Gasteiger partial charge in [0.2, 0.25) is 0 Å². The van der Waals surface area contributed by atoms with E-state index in [1.165, 1.54) is 0 Å². The summed E-state index contributed by atoms with van der Waals surface area (Å²) in [6, 6.07) is 5.84. The summed E-state index contributed by atoms with van der Waals surface area (Å²) < 4.78 is 5.23. The van der Waals surface area contributed by atoms with E-state index in [1.807, 2.05) is 32.0 Å². The number of hydrogen-bond donors (Lipinski definition) is 1. The first-order valence-corrected chi connectivity index (χ1v) is 5.86. The molecule has 0 aliphatic rings. The van der Waals surface area contributed by atoms with Crippen LogP contribution < -0.4 is 10.3 Å². The Morgan fingerprint density at radius 3 is 2.50 bits per heavy atom. The summed E-state index contributed by atoms with van der Waals surface area (Å²) in [4.78, 5) is 14.5. The van der Waals surface area contributed by atoms with Crippen molar-refractivity contribution in [2.45, 2.75) is 20.3 Å². The minimum atomic E-state index is -0.0130. The van der Waals surface area contributed by atoms with Crippen LogP contribution in [0.5, 0.6) is 5.75 Å². The number of fused-ring (bicyclic) bond motifs is 1. The molecule has 0 saturated heterocycles. The molecule has 2 aromatic rings.